The van der Waals surface area contributed by atoms with E-state index in [0.29, 0.717) is 19.3 Å². The maximum atomic E-state index is 12.7. The molecule has 3 fully saturated rings. The zero-order chi connectivity index (χ0) is 9.91. The maximum absolute atomic E-state index is 12.7. The van der Waals surface area contributed by atoms with Crippen LogP contribution in [-0.4, -0.2) is 23.1 Å². The van der Waals surface area contributed by atoms with Gasteiger partial charge in [0.05, 0.1) is 0 Å². The summed E-state index contributed by atoms with van der Waals surface area (Å²) in [6.45, 7) is 0.926. The fraction of sp³-hybridized carbons (Fsp3) is 1.00. The molecule has 3 saturated carbocycles. The Labute approximate surface area is 76.1 Å². The first kappa shape index (κ1) is 9.40. The SMILES string of the molecule is CC(F)(F)CC12CC(B(O)O)(C1)C2. The number of hydrogen-bond donors (Lipinski definition) is 2. The molecule has 5 heteroatoms. The van der Waals surface area contributed by atoms with Crippen LogP contribution < -0.4 is 0 Å². The highest BCUT2D eigenvalue weighted by Crippen LogP contribution is 2.81. The molecule has 0 spiro atoms. The molecular weight excluding hydrogens is 177 g/mol. The molecule has 0 radical (unpaired) electrons. The molecule has 2 bridgehead atoms. The van der Waals surface area contributed by atoms with Gasteiger partial charge >= 0.3 is 7.12 Å². The van der Waals surface area contributed by atoms with Gasteiger partial charge in [-0.15, -0.1) is 0 Å². The molecule has 2 N–H and O–H groups in total. The van der Waals surface area contributed by atoms with E-state index in [1.165, 1.54) is 0 Å². The van der Waals surface area contributed by atoms with Crippen molar-refractivity contribution in [2.24, 2.45) is 5.41 Å². The van der Waals surface area contributed by atoms with Gasteiger partial charge in [0.15, 0.2) is 0 Å². The lowest BCUT2D eigenvalue weighted by Crippen LogP contribution is -2.64. The van der Waals surface area contributed by atoms with Gasteiger partial charge < -0.3 is 10.0 Å². The average Bonchev–Trinajstić information content (AvgIpc) is 1.71. The van der Waals surface area contributed by atoms with Gasteiger partial charge in [0.2, 0.25) is 5.92 Å². The second-order valence-corrected chi connectivity index (χ2v) is 5.01. The van der Waals surface area contributed by atoms with Crippen molar-refractivity contribution in [2.45, 2.75) is 43.8 Å². The molecule has 3 aliphatic rings. The van der Waals surface area contributed by atoms with Crippen molar-refractivity contribution in [2.75, 3.05) is 0 Å². The van der Waals surface area contributed by atoms with E-state index in [0.717, 1.165) is 6.92 Å². The van der Waals surface area contributed by atoms with Gasteiger partial charge in [-0.05, 0) is 31.6 Å². The normalized spacial score (nSPS) is 42.2. The van der Waals surface area contributed by atoms with E-state index in [-0.39, 0.29) is 11.8 Å². The van der Waals surface area contributed by atoms with Crippen molar-refractivity contribution in [1.82, 2.24) is 0 Å². The Balaban J connectivity index is 1.90. The first-order valence-corrected chi connectivity index (χ1v) is 4.51. The molecule has 0 aromatic rings. The van der Waals surface area contributed by atoms with E-state index in [1.807, 2.05) is 0 Å². The first-order chi connectivity index (χ1) is 5.77. The van der Waals surface area contributed by atoms with E-state index in [9.17, 15) is 8.78 Å². The van der Waals surface area contributed by atoms with Crippen molar-refractivity contribution in [3.8, 4) is 0 Å². The summed E-state index contributed by atoms with van der Waals surface area (Å²) in [4.78, 5) is 0. The Morgan fingerprint density at radius 3 is 2.08 bits per heavy atom. The smallest absolute Gasteiger partial charge is 0.427 e. The van der Waals surface area contributed by atoms with Crippen molar-refractivity contribution in [1.29, 1.82) is 0 Å². The minimum atomic E-state index is -2.62. The predicted molar refractivity (Wildman–Crippen MR) is 44.4 cm³/mol. The van der Waals surface area contributed by atoms with Crippen LogP contribution in [0.25, 0.3) is 0 Å². The highest BCUT2D eigenvalue weighted by molar-refractivity contribution is 6.46. The Morgan fingerprint density at radius 2 is 1.77 bits per heavy atom. The van der Waals surface area contributed by atoms with Gasteiger partial charge in [-0.1, -0.05) is 0 Å². The van der Waals surface area contributed by atoms with Crippen molar-refractivity contribution in [3.63, 3.8) is 0 Å². The third-order valence-corrected chi connectivity index (χ3v) is 3.41. The minimum Gasteiger partial charge on any atom is -0.427 e. The summed E-state index contributed by atoms with van der Waals surface area (Å²) in [7, 11) is -1.32. The van der Waals surface area contributed by atoms with E-state index in [4.69, 9.17) is 10.0 Å². The van der Waals surface area contributed by atoms with Crippen molar-refractivity contribution in [3.05, 3.63) is 0 Å². The molecule has 3 aliphatic carbocycles. The summed E-state index contributed by atoms with van der Waals surface area (Å²) in [6, 6.07) is 0. The van der Waals surface area contributed by atoms with E-state index >= 15 is 0 Å². The number of halogens is 2. The highest BCUT2D eigenvalue weighted by Gasteiger charge is 2.73. The molecule has 0 amide bonds. The molecule has 13 heavy (non-hydrogen) atoms. The van der Waals surface area contributed by atoms with Crippen LogP contribution in [0, 0.1) is 5.41 Å². The predicted octanol–water partition coefficient (Wildman–Crippen LogP) is 1.43. The molecule has 0 saturated heterocycles. The van der Waals surface area contributed by atoms with E-state index in [2.05, 4.69) is 0 Å². The second kappa shape index (κ2) is 2.26. The average molecular weight is 190 g/mol. The third kappa shape index (κ3) is 1.29. The summed E-state index contributed by atoms with van der Waals surface area (Å²) in [5.41, 5.74) is -0.276. The second-order valence-electron chi connectivity index (χ2n) is 5.01. The van der Waals surface area contributed by atoms with Gasteiger partial charge in [0.1, 0.15) is 0 Å². The van der Waals surface area contributed by atoms with E-state index in [1.54, 1.807) is 0 Å². The summed E-state index contributed by atoms with van der Waals surface area (Å²) in [5.74, 6) is -2.62. The van der Waals surface area contributed by atoms with Crippen LogP contribution in [0.4, 0.5) is 8.78 Å². The zero-order valence-electron chi connectivity index (χ0n) is 7.56. The van der Waals surface area contributed by atoms with E-state index < -0.39 is 18.4 Å². The fourth-order valence-electron chi connectivity index (χ4n) is 3.21. The molecule has 0 aliphatic heterocycles. The molecule has 74 valence electrons. The molecule has 0 unspecified atom stereocenters. The largest absolute Gasteiger partial charge is 0.458 e. The van der Waals surface area contributed by atoms with Gasteiger partial charge in [0, 0.05) is 11.7 Å². The lowest BCUT2D eigenvalue weighted by atomic mass is 9.23. The van der Waals surface area contributed by atoms with Crippen LogP contribution in [-0.2, 0) is 0 Å². The molecule has 2 nitrogen and oxygen atoms in total. The van der Waals surface area contributed by atoms with Crippen molar-refractivity contribution < 1.29 is 18.8 Å². The van der Waals surface area contributed by atoms with Crippen LogP contribution in [0.3, 0.4) is 0 Å². The quantitative estimate of drug-likeness (QED) is 0.660. The van der Waals surface area contributed by atoms with Gasteiger partial charge in [-0.3, -0.25) is 0 Å². The van der Waals surface area contributed by atoms with Crippen LogP contribution in [0.1, 0.15) is 32.6 Å². The summed E-state index contributed by atoms with van der Waals surface area (Å²) >= 11 is 0. The molecule has 3 rings (SSSR count). The lowest BCUT2D eigenvalue weighted by molar-refractivity contribution is -0.163. The maximum Gasteiger partial charge on any atom is 0.458 e. The number of hydrogen-bond acceptors (Lipinski definition) is 2. The molecule has 0 heterocycles. The Kier molecular flexibility index (Phi) is 1.63. The summed E-state index contributed by atoms with van der Waals surface area (Å²) < 4.78 is 25.3. The number of alkyl halides is 2. The molecule has 0 aromatic heterocycles. The Morgan fingerprint density at radius 1 is 1.31 bits per heavy atom. The van der Waals surface area contributed by atoms with Gasteiger partial charge in [-0.25, -0.2) is 8.78 Å². The standard InChI is InChI=1S/C8H13BF2O2/c1-6(10,11)2-7-3-8(4-7,5-7)9(12)13/h12-13H,2-5H2,1H3. The topological polar surface area (TPSA) is 40.5 Å². The first-order valence-electron chi connectivity index (χ1n) is 4.51. The van der Waals surface area contributed by atoms with Crippen LogP contribution in [0.5, 0.6) is 0 Å². The minimum absolute atomic E-state index is 0.103. The third-order valence-electron chi connectivity index (χ3n) is 3.41. The monoisotopic (exact) mass is 190 g/mol. The van der Waals surface area contributed by atoms with Crippen molar-refractivity contribution >= 4 is 7.12 Å². The summed E-state index contributed by atoms with van der Waals surface area (Å²) in [6.07, 6.45) is 1.57. The van der Waals surface area contributed by atoms with Crippen LogP contribution >= 0.6 is 0 Å². The molecular formula is C8H13BF2O2. The highest BCUT2D eigenvalue weighted by atomic mass is 19.3. The van der Waals surface area contributed by atoms with Gasteiger partial charge in [0.25, 0.3) is 0 Å². The Bertz CT molecular complexity index is 217. The molecule has 0 aromatic carbocycles. The fourth-order valence-corrected chi connectivity index (χ4v) is 3.21. The lowest BCUT2D eigenvalue weighted by Gasteiger charge is -2.71. The van der Waals surface area contributed by atoms with Crippen LogP contribution in [0.15, 0.2) is 0 Å². The van der Waals surface area contributed by atoms with Gasteiger partial charge in [-0.2, -0.15) is 0 Å². The molecule has 0 atom stereocenters. The Hall–Kier alpha value is -0.155. The summed E-state index contributed by atoms with van der Waals surface area (Å²) in [5, 5.41) is 17.5. The zero-order valence-corrected chi connectivity index (χ0v) is 7.56. The van der Waals surface area contributed by atoms with Crippen LogP contribution in [0.2, 0.25) is 5.31 Å². The number of rotatable bonds is 3.